The Hall–Kier alpha value is -2.42. The Morgan fingerprint density at radius 1 is 1.03 bits per heavy atom. The average molecular weight is 422 g/mol. The van der Waals surface area contributed by atoms with Crippen LogP contribution in [0, 0.1) is 0 Å². The Morgan fingerprint density at radius 2 is 1.66 bits per heavy atom. The second-order valence-corrected chi connectivity index (χ2v) is 8.49. The molecule has 29 heavy (non-hydrogen) atoms. The molecule has 2 rings (SSSR count). The number of hydrogen-bond donors (Lipinski definition) is 1. The van der Waals surface area contributed by atoms with Crippen LogP contribution in [0.4, 0.5) is 0 Å². The third-order valence-electron chi connectivity index (χ3n) is 4.22. The number of sulfone groups is 1. The molecule has 2 aromatic rings. The Morgan fingerprint density at radius 3 is 2.21 bits per heavy atom. The maximum atomic E-state index is 11.9. The summed E-state index contributed by atoms with van der Waals surface area (Å²) in [5.74, 6) is 0.396. The molecule has 1 N–H and O–H groups in total. The normalized spacial score (nSPS) is 12.4. The van der Waals surface area contributed by atoms with Crippen LogP contribution in [0.25, 0.3) is 0 Å². The van der Waals surface area contributed by atoms with E-state index < -0.39 is 15.9 Å². The molecule has 1 unspecified atom stereocenters. The van der Waals surface area contributed by atoms with E-state index >= 15 is 0 Å². The van der Waals surface area contributed by atoms with Gasteiger partial charge in [0.2, 0.25) is 0 Å². The quantitative estimate of drug-likeness (QED) is 0.560. The van der Waals surface area contributed by atoms with Gasteiger partial charge in [-0.15, -0.1) is 0 Å². The highest BCUT2D eigenvalue weighted by atomic mass is 32.2. The molecule has 1 amide bonds. The van der Waals surface area contributed by atoms with Crippen LogP contribution < -0.4 is 10.2 Å². The van der Waals surface area contributed by atoms with Crippen molar-refractivity contribution in [2.24, 2.45) is 0 Å². The van der Waals surface area contributed by atoms with E-state index in [1.165, 1.54) is 13.4 Å². The largest absolute Gasteiger partial charge is 0.493 e. The van der Waals surface area contributed by atoms with Crippen molar-refractivity contribution in [3.8, 4) is 5.75 Å². The van der Waals surface area contributed by atoms with Gasteiger partial charge in [-0.2, -0.15) is 0 Å². The number of ether oxygens (including phenoxy) is 2. The molecule has 0 saturated heterocycles. The summed E-state index contributed by atoms with van der Waals surface area (Å²) in [6.45, 7) is 2.72. The number of hydroxylamine groups is 1. The fraction of sp³-hybridized carbons (Fsp3) is 0.381. The first-order valence-electron chi connectivity index (χ1n) is 9.28. The maximum absolute atomic E-state index is 11.9. The molecule has 2 aromatic carbocycles. The highest BCUT2D eigenvalue weighted by molar-refractivity contribution is 7.90. The Balaban J connectivity index is 1.86. The molecule has 0 aliphatic rings. The van der Waals surface area contributed by atoms with Crippen LogP contribution in [0.2, 0.25) is 0 Å². The summed E-state index contributed by atoms with van der Waals surface area (Å²) >= 11 is 0. The molecule has 0 saturated carbocycles. The van der Waals surface area contributed by atoms with Crippen LogP contribution in [-0.2, 0) is 37.0 Å². The van der Waals surface area contributed by atoms with Crippen molar-refractivity contribution in [2.75, 3.05) is 26.6 Å². The van der Waals surface area contributed by atoms with Gasteiger partial charge < -0.3 is 9.47 Å². The molecule has 0 radical (unpaired) electrons. The highest BCUT2D eigenvalue weighted by Crippen LogP contribution is 2.16. The van der Waals surface area contributed by atoms with E-state index in [0.29, 0.717) is 31.0 Å². The van der Waals surface area contributed by atoms with E-state index in [9.17, 15) is 13.2 Å². The van der Waals surface area contributed by atoms with Crippen molar-refractivity contribution in [2.45, 2.75) is 30.8 Å². The molecular formula is C21H27NO6S. The van der Waals surface area contributed by atoms with Crippen LogP contribution in [0.1, 0.15) is 18.1 Å². The lowest BCUT2D eigenvalue weighted by Crippen LogP contribution is -2.37. The molecule has 7 nitrogen and oxygen atoms in total. The zero-order valence-electron chi connectivity index (χ0n) is 16.9. The van der Waals surface area contributed by atoms with Gasteiger partial charge >= 0.3 is 0 Å². The lowest BCUT2D eigenvalue weighted by atomic mass is 10.1. The van der Waals surface area contributed by atoms with Crippen molar-refractivity contribution >= 4 is 15.7 Å². The smallest absolute Gasteiger partial charge is 0.272 e. The lowest BCUT2D eigenvalue weighted by molar-refractivity contribution is -0.143. The zero-order chi connectivity index (χ0) is 21.3. The van der Waals surface area contributed by atoms with Crippen molar-refractivity contribution in [1.29, 1.82) is 0 Å². The van der Waals surface area contributed by atoms with Gasteiger partial charge in [0.05, 0.1) is 18.6 Å². The highest BCUT2D eigenvalue weighted by Gasteiger charge is 2.19. The average Bonchev–Trinajstić information content (AvgIpc) is 2.69. The first-order chi connectivity index (χ1) is 13.8. The van der Waals surface area contributed by atoms with Crippen LogP contribution in [0.3, 0.4) is 0 Å². The van der Waals surface area contributed by atoms with Crippen molar-refractivity contribution in [1.82, 2.24) is 5.48 Å². The van der Waals surface area contributed by atoms with E-state index in [1.54, 1.807) is 24.3 Å². The standard InChI is InChI=1S/C21H27NO6S/c1-4-27-20(21(23)22-26-2)15-17-5-9-18(10-6-17)28-14-13-16-7-11-19(12-8-16)29(3,24)25/h5-12,20H,4,13-15H2,1-3H3,(H,22,23). The molecule has 0 fully saturated rings. The second-order valence-electron chi connectivity index (χ2n) is 6.48. The third-order valence-corrected chi connectivity index (χ3v) is 5.35. The van der Waals surface area contributed by atoms with Gasteiger partial charge in [-0.25, -0.2) is 13.9 Å². The maximum Gasteiger partial charge on any atom is 0.272 e. The Kier molecular flexibility index (Phi) is 8.63. The fourth-order valence-electron chi connectivity index (χ4n) is 2.72. The predicted octanol–water partition coefficient (Wildman–Crippen LogP) is 2.34. The molecule has 8 heteroatoms. The van der Waals surface area contributed by atoms with E-state index in [1.807, 2.05) is 31.2 Å². The van der Waals surface area contributed by atoms with Crippen LogP contribution in [-0.4, -0.2) is 47.0 Å². The number of carbonyl (C=O) groups is 1. The third kappa shape index (κ3) is 7.49. The van der Waals surface area contributed by atoms with Gasteiger partial charge in [0.25, 0.3) is 5.91 Å². The van der Waals surface area contributed by atoms with Crippen LogP contribution in [0.5, 0.6) is 5.75 Å². The van der Waals surface area contributed by atoms with Crippen molar-refractivity contribution < 1.29 is 27.5 Å². The molecule has 0 aliphatic heterocycles. The van der Waals surface area contributed by atoms with Crippen LogP contribution in [0.15, 0.2) is 53.4 Å². The van der Waals surface area contributed by atoms with Gasteiger partial charge in [0, 0.05) is 25.7 Å². The monoisotopic (exact) mass is 421 g/mol. The van der Waals surface area contributed by atoms with Crippen LogP contribution >= 0.6 is 0 Å². The summed E-state index contributed by atoms with van der Waals surface area (Å²) in [4.78, 5) is 16.9. The first-order valence-corrected chi connectivity index (χ1v) is 11.2. The molecule has 0 aromatic heterocycles. The van der Waals surface area contributed by atoms with Gasteiger partial charge in [0.15, 0.2) is 9.84 Å². The molecule has 0 aliphatic carbocycles. The summed E-state index contributed by atoms with van der Waals surface area (Å²) in [7, 11) is -1.80. The summed E-state index contributed by atoms with van der Waals surface area (Å²) in [6, 6.07) is 14.3. The SMILES string of the molecule is CCOC(Cc1ccc(OCCc2ccc(S(C)(=O)=O)cc2)cc1)C(=O)NOC. The van der Waals surface area contributed by atoms with Crippen molar-refractivity contribution in [3.63, 3.8) is 0 Å². The summed E-state index contributed by atoms with van der Waals surface area (Å²) in [6.07, 6.45) is 1.66. The Labute approximate surface area is 171 Å². The number of carbonyl (C=O) groups excluding carboxylic acids is 1. The number of rotatable bonds is 11. The molecule has 0 heterocycles. The minimum atomic E-state index is -3.18. The minimum Gasteiger partial charge on any atom is -0.493 e. The van der Waals surface area contributed by atoms with E-state index in [-0.39, 0.29) is 5.91 Å². The second kappa shape index (κ2) is 10.9. The zero-order valence-corrected chi connectivity index (χ0v) is 17.7. The Bertz CT molecular complexity index is 878. The summed E-state index contributed by atoms with van der Waals surface area (Å²) in [5.41, 5.74) is 4.24. The molecule has 0 spiro atoms. The van der Waals surface area contributed by atoms with Gasteiger partial charge in [-0.05, 0) is 42.3 Å². The summed E-state index contributed by atoms with van der Waals surface area (Å²) < 4.78 is 34.2. The minimum absolute atomic E-state index is 0.308. The predicted molar refractivity (Wildman–Crippen MR) is 109 cm³/mol. The number of nitrogens with one attached hydrogen (secondary N) is 1. The molecule has 0 bridgehead atoms. The van der Waals surface area contributed by atoms with Gasteiger partial charge in [0.1, 0.15) is 11.9 Å². The summed E-state index contributed by atoms with van der Waals surface area (Å²) in [5, 5.41) is 0. The van der Waals surface area contributed by atoms with Gasteiger partial charge in [-0.3, -0.25) is 9.63 Å². The first kappa shape index (κ1) is 22.9. The number of hydrogen-bond acceptors (Lipinski definition) is 6. The molecular weight excluding hydrogens is 394 g/mol. The lowest BCUT2D eigenvalue weighted by Gasteiger charge is -2.16. The fourth-order valence-corrected chi connectivity index (χ4v) is 3.35. The topological polar surface area (TPSA) is 90.9 Å². The van der Waals surface area contributed by atoms with E-state index in [4.69, 9.17) is 9.47 Å². The van der Waals surface area contributed by atoms with E-state index in [0.717, 1.165) is 16.9 Å². The molecule has 158 valence electrons. The number of benzene rings is 2. The molecule has 1 atom stereocenters. The number of amides is 1. The van der Waals surface area contributed by atoms with E-state index in [2.05, 4.69) is 10.3 Å². The van der Waals surface area contributed by atoms with Gasteiger partial charge in [-0.1, -0.05) is 24.3 Å². The van der Waals surface area contributed by atoms with Crippen molar-refractivity contribution in [3.05, 3.63) is 59.7 Å².